The van der Waals surface area contributed by atoms with Gasteiger partial charge in [-0.25, -0.2) is 9.37 Å². The van der Waals surface area contributed by atoms with Crippen molar-refractivity contribution in [2.24, 2.45) is 5.92 Å². The van der Waals surface area contributed by atoms with Crippen LogP contribution in [-0.2, 0) is 17.8 Å². The minimum Gasteiger partial charge on any atom is -0.337 e. The number of halogens is 1. The maximum Gasteiger partial charge on any atom is 0.260 e. The molecule has 1 aromatic heterocycles. The molecule has 6 heteroatoms. The van der Waals surface area contributed by atoms with Gasteiger partial charge < -0.3 is 9.47 Å². The normalized spacial score (nSPS) is 29.1. The average Bonchev–Trinajstić information content (AvgIpc) is 3.48. The molecule has 0 bridgehead atoms. The van der Waals surface area contributed by atoms with Crippen molar-refractivity contribution in [3.8, 4) is 0 Å². The second-order valence-corrected chi connectivity index (χ2v) is 7.69. The zero-order valence-electron chi connectivity index (χ0n) is 13.4. The van der Waals surface area contributed by atoms with Crippen molar-refractivity contribution in [2.45, 2.75) is 50.4 Å². The van der Waals surface area contributed by atoms with Crippen molar-refractivity contribution in [3.05, 3.63) is 17.7 Å². The van der Waals surface area contributed by atoms with Gasteiger partial charge in [0.05, 0.1) is 18.1 Å². The third-order valence-electron chi connectivity index (χ3n) is 5.93. The molecule has 0 aromatic carbocycles. The molecular weight excluding hydrogens is 295 g/mol. The molecule has 1 unspecified atom stereocenters. The Balaban J connectivity index is 1.38. The van der Waals surface area contributed by atoms with Crippen LogP contribution >= 0.6 is 0 Å². The van der Waals surface area contributed by atoms with Gasteiger partial charge in [0.1, 0.15) is 0 Å². The number of piperazine rings is 1. The number of nitrogens with zero attached hydrogens (tertiary/aromatic N) is 4. The Morgan fingerprint density at radius 3 is 2.87 bits per heavy atom. The smallest absolute Gasteiger partial charge is 0.260 e. The monoisotopic (exact) mass is 318 g/mol. The summed E-state index contributed by atoms with van der Waals surface area (Å²) in [5.41, 5.74) is 0.914. The van der Waals surface area contributed by atoms with E-state index in [4.69, 9.17) is 0 Å². The molecule has 1 atom stereocenters. The number of hydrogen-bond donors (Lipinski definition) is 0. The van der Waals surface area contributed by atoms with Crippen molar-refractivity contribution in [2.75, 3.05) is 26.2 Å². The molecule has 0 radical (unpaired) electrons. The number of fused-ring (bicyclic) bond motifs is 3. The highest BCUT2D eigenvalue weighted by molar-refractivity contribution is 5.88. The number of hydrogen-bond acceptors (Lipinski definition) is 3. The minimum absolute atomic E-state index is 0.152. The fourth-order valence-corrected chi connectivity index (χ4v) is 4.10. The molecule has 3 heterocycles. The first-order chi connectivity index (χ1) is 11.1. The number of amides is 1. The van der Waals surface area contributed by atoms with Gasteiger partial charge in [0.25, 0.3) is 5.91 Å². The zero-order chi connectivity index (χ0) is 15.6. The number of aromatic nitrogens is 2. The fraction of sp³-hybridized carbons (Fsp3) is 0.765. The number of alkyl halides is 1. The van der Waals surface area contributed by atoms with Crippen LogP contribution in [0.1, 0.15) is 43.1 Å². The first-order valence-electron chi connectivity index (χ1n) is 8.90. The Kier molecular flexibility index (Phi) is 2.90. The molecule has 2 saturated carbocycles. The van der Waals surface area contributed by atoms with Crippen molar-refractivity contribution < 1.29 is 9.18 Å². The average molecular weight is 318 g/mol. The van der Waals surface area contributed by atoms with Crippen molar-refractivity contribution in [3.63, 3.8) is 0 Å². The first-order valence-corrected chi connectivity index (χ1v) is 8.90. The first kappa shape index (κ1) is 14.0. The van der Waals surface area contributed by atoms with E-state index in [1.807, 2.05) is 6.33 Å². The van der Waals surface area contributed by atoms with Crippen molar-refractivity contribution >= 4 is 5.91 Å². The van der Waals surface area contributed by atoms with E-state index in [1.54, 1.807) is 4.90 Å². The second-order valence-electron chi connectivity index (χ2n) is 7.69. The number of carbonyl (C=O) groups is 1. The Bertz CT molecular complexity index is 649. The molecule has 23 heavy (non-hydrogen) atoms. The van der Waals surface area contributed by atoms with Crippen LogP contribution in [0.2, 0.25) is 0 Å². The molecule has 3 fully saturated rings. The van der Waals surface area contributed by atoms with E-state index in [-0.39, 0.29) is 11.9 Å². The molecule has 1 saturated heterocycles. The summed E-state index contributed by atoms with van der Waals surface area (Å²) in [6.45, 7) is 4.20. The molecule has 1 amide bonds. The van der Waals surface area contributed by atoms with Gasteiger partial charge in [-0.1, -0.05) is 0 Å². The summed E-state index contributed by atoms with van der Waals surface area (Å²) in [5, 5.41) is 0. The SMILES string of the molecule is O=C(N1CCN2CCc3c(ncn3CC3CC3)C2C1)C1(F)CC1. The van der Waals surface area contributed by atoms with Gasteiger partial charge in [0.2, 0.25) is 0 Å². The number of imidazole rings is 1. The summed E-state index contributed by atoms with van der Waals surface area (Å²) in [6, 6.07) is 0.152. The summed E-state index contributed by atoms with van der Waals surface area (Å²) in [4.78, 5) is 21.2. The Morgan fingerprint density at radius 2 is 2.13 bits per heavy atom. The highest BCUT2D eigenvalue weighted by atomic mass is 19.1. The Morgan fingerprint density at radius 1 is 1.30 bits per heavy atom. The van der Waals surface area contributed by atoms with Crippen LogP contribution in [0.15, 0.2) is 6.33 Å². The van der Waals surface area contributed by atoms with Gasteiger partial charge in [-0.05, 0) is 31.6 Å². The molecule has 5 nitrogen and oxygen atoms in total. The topological polar surface area (TPSA) is 41.4 Å². The minimum atomic E-state index is -1.55. The number of rotatable bonds is 3. The maximum atomic E-state index is 14.1. The number of carbonyl (C=O) groups excluding carboxylic acids is 1. The third kappa shape index (κ3) is 2.30. The lowest BCUT2D eigenvalue weighted by Gasteiger charge is -2.43. The molecule has 0 spiro atoms. The van der Waals surface area contributed by atoms with Gasteiger partial charge in [-0.2, -0.15) is 0 Å². The Labute approximate surface area is 135 Å². The highest BCUT2D eigenvalue weighted by Crippen LogP contribution is 2.43. The predicted octanol–water partition coefficient (Wildman–Crippen LogP) is 1.54. The van der Waals surface area contributed by atoms with Gasteiger partial charge in [0, 0.05) is 44.8 Å². The van der Waals surface area contributed by atoms with E-state index in [0.29, 0.717) is 25.9 Å². The van der Waals surface area contributed by atoms with Crippen molar-refractivity contribution in [1.82, 2.24) is 19.4 Å². The lowest BCUT2D eigenvalue weighted by Crippen LogP contribution is -2.54. The summed E-state index contributed by atoms with van der Waals surface area (Å²) < 4.78 is 16.5. The lowest BCUT2D eigenvalue weighted by atomic mass is 9.99. The summed E-state index contributed by atoms with van der Waals surface area (Å²) in [6.07, 6.45) is 6.49. The molecular formula is C17H23FN4O. The molecule has 2 aliphatic heterocycles. The van der Waals surface area contributed by atoms with E-state index in [9.17, 15) is 9.18 Å². The zero-order valence-corrected chi connectivity index (χ0v) is 13.4. The summed E-state index contributed by atoms with van der Waals surface area (Å²) in [5.74, 6) is 0.540. The molecule has 1 aromatic rings. The third-order valence-corrected chi connectivity index (χ3v) is 5.93. The molecule has 124 valence electrons. The Hall–Kier alpha value is -1.43. The molecule has 5 rings (SSSR count). The van der Waals surface area contributed by atoms with Crippen LogP contribution in [0.4, 0.5) is 4.39 Å². The maximum absolute atomic E-state index is 14.1. The summed E-state index contributed by atoms with van der Waals surface area (Å²) >= 11 is 0. The predicted molar refractivity (Wildman–Crippen MR) is 82.6 cm³/mol. The quantitative estimate of drug-likeness (QED) is 0.849. The lowest BCUT2D eigenvalue weighted by molar-refractivity contribution is -0.141. The molecule has 4 aliphatic rings. The van der Waals surface area contributed by atoms with E-state index < -0.39 is 5.67 Å². The van der Waals surface area contributed by atoms with E-state index >= 15 is 0 Å². The standard InChI is InChI=1S/C17H23FN4O/c18-17(4-5-17)16(23)21-8-7-20-6-3-13-15(14(20)10-21)19-11-22(13)9-12-1-2-12/h11-12,14H,1-10H2. The van der Waals surface area contributed by atoms with Gasteiger partial charge in [-0.3, -0.25) is 9.69 Å². The van der Waals surface area contributed by atoms with E-state index in [1.165, 1.54) is 18.5 Å². The van der Waals surface area contributed by atoms with Gasteiger partial charge >= 0.3 is 0 Å². The van der Waals surface area contributed by atoms with Crippen LogP contribution in [-0.4, -0.2) is 57.1 Å². The highest BCUT2D eigenvalue weighted by Gasteiger charge is 2.53. The van der Waals surface area contributed by atoms with Crippen LogP contribution in [0, 0.1) is 5.92 Å². The second kappa shape index (κ2) is 4.79. The summed E-state index contributed by atoms with van der Waals surface area (Å²) in [7, 11) is 0. The van der Waals surface area contributed by atoms with Crippen LogP contribution in [0.3, 0.4) is 0 Å². The van der Waals surface area contributed by atoms with E-state index in [0.717, 1.165) is 37.7 Å². The molecule has 0 N–H and O–H groups in total. The fourth-order valence-electron chi connectivity index (χ4n) is 4.10. The largest absolute Gasteiger partial charge is 0.337 e. The molecule has 2 aliphatic carbocycles. The van der Waals surface area contributed by atoms with Crippen molar-refractivity contribution in [1.29, 1.82) is 0 Å². The van der Waals surface area contributed by atoms with Gasteiger partial charge in [-0.15, -0.1) is 0 Å². The van der Waals surface area contributed by atoms with Gasteiger partial charge in [0.15, 0.2) is 5.67 Å². The van der Waals surface area contributed by atoms with Crippen LogP contribution in [0.25, 0.3) is 0 Å². The van der Waals surface area contributed by atoms with Crippen LogP contribution in [0.5, 0.6) is 0 Å². The van der Waals surface area contributed by atoms with Crippen LogP contribution < -0.4 is 0 Å². The van der Waals surface area contributed by atoms with E-state index in [2.05, 4.69) is 14.5 Å².